The molecule has 0 radical (unpaired) electrons. The van der Waals surface area contributed by atoms with Gasteiger partial charge in [0.2, 0.25) is 5.91 Å². The summed E-state index contributed by atoms with van der Waals surface area (Å²) in [6.07, 6.45) is 5.30. The first-order chi connectivity index (χ1) is 16.5. The van der Waals surface area contributed by atoms with Gasteiger partial charge in [0.05, 0.1) is 11.6 Å². The molecule has 2 aromatic carbocycles. The molecule has 0 unspecified atom stereocenters. The van der Waals surface area contributed by atoms with Crippen molar-refractivity contribution in [1.29, 1.82) is 0 Å². The Morgan fingerprint density at radius 1 is 1.18 bits per heavy atom. The normalized spacial score (nSPS) is 16.1. The van der Waals surface area contributed by atoms with Crippen molar-refractivity contribution in [2.75, 3.05) is 18.0 Å². The summed E-state index contributed by atoms with van der Waals surface area (Å²) in [6, 6.07) is 15.0. The molecule has 2 aromatic heterocycles. The molecule has 5 rings (SSSR count). The van der Waals surface area contributed by atoms with E-state index in [0.29, 0.717) is 12.1 Å². The number of aromatic nitrogens is 3. The Morgan fingerprint density at radius 2 is 2.03 bits per heavy atom. The van der Waals surface area contributed by atoms with E-state index in [-0.39, 0.29) is 24.2 Å². The van der Waals surface area contributed by atoms with Gasteiger partial charge in [-0.25, -0.2) is 13.9 Å². The molecule has 0 aliphatic carbocycles. The first kappa shape index (κ1) is 22.1. The zero-order valence-corrected chi connectivity index (χ0v) is 19.5. The molecule has 0 saturated carbocycles. The van der Waals surface area contributed by atoms with Gasteiger partial charge in [0, 0.05) is 43.2 Å². The van der Waals surface area contributed by atoms with Crippen LogP contribution in [0, 0.1) is 25.6 Å². The SMILES string of the molecule is Cc1ccc(-c2cc3c(N4CCC[C@H](C(=O)NCc5ccccc5F)C4)nccn3n2)c(C)c1. The molecule has 1 atom stereocenters. The molecule has 1 aliphatic rings. The first-order valence-electron chi connectivity index (χ1n) is 11.7. The predicted octanol–water partition coefficient (Wildman–Crippen LogP) is 4.69. The third-order valence-electron chi connectivity index (χ3n) is 6.53. The fourth-order valence-corrected chi connectivity index (χ4v) is 4.74. The van der Waals surface area contributed by atoms with Crippen LogP contribution in [0.1, 0.15) is 29.5 Å². The molecule has 1 aliphatic heterocycles. The first-order valence-corrected chi connectivity index (χ1v) is 11.7. The smallest absolute Gasteiger partial charge is 0.225 e. The van der Waals surface area contributed by atoms with Gasteiger partial charge in [0.25, 0.3) is 0 Å². The quantitative estimate of drug-likeness (QED) is 0.473. The third kappa shape index (κ3) is 4.38. The second kappa shape index (κ2) is 9.25. The summed E-state index contributed by atoms with van der Waals surface area (Å²) in [5, 5.41) is 7.70. The zero-order valence-electron chi connectivity index (χ0n) is 19.5. The lowest BCUT2D eigenvalue weighted by atomic mass is 9.97. The Morgan fingerprint density at radius 3 is 2.85 bits per heavy atom. The Hall–Kier alpha value is -3.74. The molecule has 4 aromatic rings. The van der Waals surface area contributed by atoms with Crippen LogP contribution in [0.25, 0.3) is 16.8 Å². The van der Waals surface area contributed by atoms with Crippen LogP contribution >= 0.6 is 0 Å². The summed E-state index contributed by atoms with van der Waals surface area (Å²) >= 11 is 0. The van der Waals surface area contributed by atoms with Crippen molar-refractivity contribution in [1.82, 2.24) is 19.9 Å². The molecular formula is C27H28FN5O. The molecule has 7 heteroatoms. The third-order valence-corrected chi connectivity index (χ3v) is 6.53. The van der Waals surface area contributed by atoms with Gasteiger partial charge in [-0.3, -0.25) is 4.79 Å². The summed E-state index contributed by atoms with van der Waals surface area (Å²) in [6.45, 7) is 5.77. The van der Waals surface area contributed by atoms with E-state index < -0.39 is 0 Å². The van der Waals surface area contributed by atoms with Gasteiger partial charge in [0.1, 0.15) is 11.3 Å². The zero-order chi connectivity index (χ0) is 23.7. The highest BCUT2D eigenvalue weighted by molar-refractivity contribution is 5.81. The van der Waals surface area contributed by atoms with Crippen molar-refractivity contribution >= 4 is 17.2 Å². The van der Waals surface area contributed by atoms with Gasteiger partial charge in [-0.2, -0.15) is 5.10 Å². The van der Waals surface area contributed by atoms with Crippen LogP contribution in [0.2, 0.25) is 0 Å². The number of hydrogen-bond donors (Lipinski definition) is 1. The highest BCUT2D eigenvalue weighted by atomic mass is 19.1. The van der Waals surface area contributed by atoms with Crippen LogP contribution in [-0.2, 0) is 11.3 Å². The highest BCUT2D eigenvalue weighted by Crippen LogP contribution is 2.30. The van der Waals surface area contributed by atoms with E-state index >= 15 is 0 Å². The van der Waals surface area contributed by atoms with Crippen molar-refractivity contribution < 1.29 is 9.18 Å². The van der Waals surface area contributed by atoms with E-state index in [0.717, 1.165) is 42.0 Å². The second-order valence-electron chi connectivity index (χ2n) is 9.02. The standard InChI is InChI=1S/C27H28FN5O/c1-18-9-10-22(19(2)14-18)24-15-25-26(29-11-13-33(25)31-24)32-12-5-7-21(17-32)27(34)30-16-20-6-3-4-8-23(20)28/h3-4,6,8-11,13-15,21H,5,7,12,16-17H2,1-2H3,(H,30,34)/t21-/m0/s1. The Bertz CT molecular complexity index is 1350. The van der Waals surface area contributed by atoms with Crippen LogP contribution < -0.4 is 10.2 Å². The number of anilines is 1. The molecule has 3 heterocycles. The maximum absolute atomic E-state index is 13.9. The number of aryl methyl sites for hydroxylation is 2. The molecule has 1 fully saturated rings. The van der Waals surface area contributed by atoms with Crippen molar-refractivity contribution in [3.63, 3.8) is 0 Å². The highest BCUT2D eigenvalue weighted by Gasteiger charge is 2.28. The molecule has 1 saturated heterocycles. The maximum atomic E-state index is 13.9. The Kier molecular flexibility index (Phi) is 6.01. The Labute approximate surface area is 198 Å². The lowest BCUT2D eigenvalue weighted by Gasteiger charge is -2.33. The van der Waals surface area contributed by atoms with Gasteiger partial charge >= 0.3 is 0 Å². The fraction of sp³-hybridized carbons (Fsp3) is 0.296. The van der Waals surface area contributed by atoms with Crippen molar-refractivity contribution in [2.45, 2.75) is 33.2 Å². The topological polar surface area (TPSA) is 62.5 Å². The summed E-state index contributed by atoms with van der Waals surface area (Å²) in [4.78, 5) is 19.7. The van der Waals surface area contributed by atoms with E-state index in [9.17, 15) is 9.18 Å². The molecular weight excluding hydrogens is 429 g/mol. The fourth-order valence-electron chi connectivity index (χ4n) is 4.74. The molecule has 0 spiro atoms. The monoisotopic (exact) mass is 457 g/mol. The number of hydrogen-bond acceptors (Lipinski definition) is 4. The molecule has 1 amide bonds. The molecule has 1 N–H and O–H groups in total. The van der Waals surface area contributed by atoms with Crippen LogP contribution in [-0.4, -0.2) is 33.6 Å². The number of halogens is 1. The van der Waals surface area contributed by atoms with Gasteiger partial charge in [-0.15, -0.1) is 0 Å². The number of nitrogens with zero attached hydrogens (tertiary/aromatic N) is 4. The summed E-state index contributed by atoms with van der Waals surface area (Å²) in [7, 11) is 0. The number of benzene rings is 2. The van der Waals surface area contributed by atoms with Crippen molar-refractivity contribution in [2.24, 2.45) is 5.92 Å². The van der Waals surface area contributed by atoms with E-state index in [2.05, 4.69) is 53.3 Å². The maximum Gasteiger partial charge on any atom is 0.225 e. The minimum Gasteiger partial charge on any atom is -0.354 e. The number of nitrogens with one attached hydrogen (secondary N) is 1. The minimum atomic E-state index is -0.302. The minimum absolute atomic E-state index is 0.0515. The van der Waals surface area contributed by atoms with Gasteiger partial charge in [0.15, 0.2) is 5.82 Å². The summed E-state index contributed by atoms with van der Waals surface area (Å²) < 4.78 is 15.8. The van der Waals surface area contributed by atoms with Gasteiger partial charge in [-0.05, 0) is 44.4 Å². The lowest BCUT2D eigenvalue weighted by Crippen LogP contribution is -2.43. The lowest BCUT2D eigenvalue weighted by molar-refractivity contribution is -0.125. The number of amides is 1. The average molecular weight is 458 g/mol. The number of fused-ring (bicyclic) bond motifs is 1. The summed E-state index contributed by atoms with van der Waals surface area (Å²) in [5.74, 6) is 0.301. The molecule has 34 heavy (non-hydrogen) atoms. The van der Waals surface area contributed by atoms with Crippen molar-refractivity contribution in [3.8, 4) is 11.3 Å². The number of carbonyl (C=O) groups is 1. The molecule has 6 nitrogen and oxygen atoms in total. The molecule has 174 valence electrons. The van der Waals surface area contributed by atoms with E-state index in [4.69, 9.17) is 5.10 Å². The van der Waals surface area contributed by atoms with E-state index in [1.54, 1.807) is 24.4 Å². The number of piperidine rings is 1. The average Bonchev–Trinajstić information content (AvgIpc) is 3.27. The largest absolute Gasteiger partial charge is 0.354 e. The van der Waals surface area contributed by atoms with Crippen LogP contribution in [0.4, 0.5) is 10.2 Å². The van der Waals surface area contributed by atoms with E-state index in [1.807, 2.05) is 10.7 Å². The Balaban J connectivity index is 1.35. The van der Waals surface area contributed by atoms with Crippen LogP contribution in [0.15, 0.2) is 60.9 Å². The number of rotatable bonds is 5. The van der Waals surface area contributed by atoms with E-state index in [1.165, 1.54) is 17.2 Å². The second-order valence-corrected chi connectivity index (χ2v) is 9.02. The van der Waals surface area contributed by atoms with Crippen molar-refractivity contribution in [3.05, 3.63) is 83.4 Å². The number of carbonyl (C=O) groups excluding carboxylic acids is 1. The molecule has 0 bridgehead atoms. The van der Waals surface area contributed by atoms with Gasteiger partial charge < -0.3 is 10.2 Å². The predicted molar refractivity (Wildman–Crippen MR) is 131 cm³/mol. The summed E-state index contributed by atoms with van der Waals surface area (Å²) in [5.41, 5.74) is 5.83. The van der Waals surface area contributed by atoms with Crippen LogP contribution in [0.3, 0.4) is 0 Å². The van der Waals surface area contributed by atoms with Gasteiger partial charge in [-0.1, -0.05) is 42.0 Å². The van der Waals surface area contributed by atoms with Crippen LogP contribution in [0.5, 0.6) is 0 Å².